The van der Waals surface area contributed by atoms with Crippen molar-refractivity contribution in [1.29, 1.82) is 0 Å². The number of carbonyl (C=O) groups is 1. The van der Waals surface area contributed by atoms with Gasteiger partial charge in [-0.25, -0.2) is 13.6 Å². The maximum atomic E-state index is 15.4. The van der Waals surface area contributed by atoms with E-state index in [0.717, 1.165) is 12.2 Å². The number of urea groups is 1. The van der Waals surface area contributed by atoms with E-state index in [9.17, 15) is 9.18 Å². The van der Waals surface area contributed by atoms with E-state index in [-0.39, 0.29) is 25.4 Å². The molecule has 2 amide bonds. The van der Waals surface area contributed by atoms with E-state index in [0.29, 0.717) is 37.4 Å². The molecule has 1 aliphatic rings. The molecule has 2 aromatic rings. The van der Waals surface area contributed by atoms with E-state index in [2.05, 4.69) is 15.5 Å². The monoisotopic (exact) mass is 457 g/mol. The summed E-state index contributed by atoms with van der Waals surface area (Å²) >= 11 is 0.834. The van der Waals surface area contributed by atoms with E-state index in [1.165, 1.54) is 41.8 Å². The topological polar surface area (TPSA) is 70.6 Å². The summed E-state index contributed by atoms with van der Waals surface area (Å²) in [6.45, 7) is 2.38. The SMILES string of the molecule is CN(SOc1cccc(F)c1)C(C)(F)C1CCN(C(=O)Nc2ccnnc2)CC1.S. The van der Waals surface area contributed by atoms with Gasteiger partial charge < -0.3 is 14.4 Å². The minimum absolute atomic E-state index is 0. The highest BCUT2D eigenvalue weighted by Crippen LogP contribution is 2.37. The number of alkyl halides is 1. The second-order valence-corrected chi connectivity index (χ2v) is 7.82. The largest absolute Gasteiger partial charge is 0.409 e. The van der Waals surface area contributed by atoms with Crippen LogP contribution in [0.4, 0.5) is 19.3 Å². The molecule has 0 spiro atoms. The predicted octanol–water partition coefficient (Wildman–Crippen LogP) is 4.23. The number of hydrogen-bond donors (Lipinski definition) is 1. The molecule has 1 fully saturated rings. The quantitative estimate of drug-likeness (QED) is 0.398. The molecule has 1 aromatic heterocycles. The summed E-state index contributed by atoms with van der Waals surface area (Å²) in [7, 11) is 1.60. The highest BCUT2D eigenvalue weighted by Gasteiger charge is 2.41. The minimum Gasteiger partial charge on any atom is -0.409 e. The summed E-state index contributed by atoms with van der Waals surface area (Å²) in [5.41, 5.74) is 0.563. The van der Waals surface area contributed by atoms with Crippen LogP contribution in [0.2, 0.25) is 0 Å². The summed E-state index contributed by atoms with van der Waals surface area (Å²) in [5, 5.41) is 10.1. The normalized spacial score (nSPS) is 16.5. The molecule has 0 aliphatic carbocycles. The summed E-state index contributed by atoms with van der Waals surface area (Å²) in [5.74, 6) is -2.03. The number of nitrogens with one attached hydrogen (secondary N) is 1. The molecule has 1 aliphatic heterocycles. The van der Waals surface area contributed by atoms with Crippen LogP contribution in [0.5, 0.6) is 5.75 Å². The summed E-state index contributed by atoms with van der Waals surface area (Å²) in [6, 6.07) is 7.11. The van der Waals surface area contributed by atoms with E-state index < -0.39 is 11.6 Å². The zero-order chi connectivity index (χ0) is 20.9. The molecular weight excluding hydrogens is 432 g/mol. The number of halogens is 2. The molecular formula is C19H25F2N5O2S2. The Bertz CT molecular complexity index is 824. The van der Waals surface area contributed by atoms with Crippen molar-refractivity contribution in [2.24, 2.45) is 5.92 Å². The lowest BCUT2D eigenvalue weighted by Crippen LogP contribution is -2.49. The van der Waals surface area contributed by atoms with Gasteiger partial charge in [-0.2, -0.15) is 28.0 Å². The number of likely N-dealkylation sites (tertiary alicyclic amines) is 1. The summed E-state index contributed by atoms with van der Waals surface area (Å²) in [4.78, 5) is 14.0. The van der Waals surface area contributed by atoms with Gasteiger partial charge in [0.05, 0.1) is 18.1 Å². The van der Waals surface area contributed by atoms with Gasteiger partial charge in [-0.1, -0.05) is 6.07 Å². The average Bonchev–Trinajstić information content (AvgIpc) is 2.73. The fraction of sp³-hybridized carbons (Fsp3) is 0.421. The Hall–Kier alpha value is -2.11. The van der Waals surface area contributed by atoms with Crippen LogP contribution in [0, 0.1) is 11.7 Å². The van der Waals surface area contributed by atoms with E-state index in [1.54, 1.807) is 24.1 Å². The molecule has 1 atom stereocenters. The first-order chi connectivity index (χ1) is 13.9. The molecule has 1 aromatic carbocycles. The third-order valence-electron chi connectivity index (χ3n) is 5.02. The first-order valence-electron chi connectivity index (χ1n) is 9.22. The number of amides is 2. The number of carbonyl (C=O) groups excluding carboxylic acids is 1. The van der Waals surface area contributed by atoms with Crippen molar-refractivity contribution >= 4 is 37.4 Å². The highest BCUT2D eigenvalue weighted by molar-refractivity contribution is 7.92. The zero-order valence-corrected chi connectivity index (χ0v) is 18.5. The Balaban J connectivity index is 0.00000320. The fourth-order valence-electron chi connectivity index (χ4n) is 3.12. The van der Waals surface area contributed by atoms with Gasteiger partial charge in [0.2, 0.25) is 0 Å². The van der Waals surface area contributed by atoms with Crippen LogP contribution in [0.3, 0.4) is 0 Å². The maximum Gasteiger partial charge on any atom is 0.321 e. The number of nitrogens with zero attached hydrogens (tertiary/aromatic N) is 4. The molecule has 30 heavy (non-hydrogen) atoms. The van der Waals surface area contributed by atoms with Crippen molar-refractivity contribution < 1.29 is 17.8 Å². The van der Waals surface area contributed by atoms with Crippen molar-refractivity contribution in [2.75, 3.05) is 25.5 Å². The molecule has 11 heteroatoms. The highest BCUT2D eigenvalue weighted by atomic mass is 32.2. The van der Waals surface area contributed by atoms with Gasteiger partial charge in [-0.3, -0.25) is 0 Å². The van der Waals surface area contributed by atoms with Crippen LogP contribution in [-0.4, -0.2) is 51.4 Å². The van der Waals surface area contributed by atoms with Crippen LogP contribution in [0.1, 0.15) is 19.8 Å². The lowest BCUT2D eigenvalue weighted by molar-refractivity contribution is -0.0194. The van der Waals surface area contributed by atoms with E-state index in [4.69, 9.17) is 4.18 Å². The Kier molecular flexibility index (Phi) is 8.68. The molecule has 0 bridgehead atoms. The van der Waals surface area contributed by atoms with Gasteiger partial charge in [0, 0.05) is 32.1 Å². The fourth-order valence-corrected chi connectivity index (χ4v) is 3.72. The van der Waals surface area contributed by atoms with Crippen LogP contribution in [-0.2, 0) is 0 Å². The second kappa shape index (κ2) is 10.8. The van der Waals surface area contributed by atoms with Gasteiger partial charge in [0.1, 0.15) is 23.8 Å². The summed E-state index contributed by atoms with van der Waals surface area (Å²) in [6.07, 6.45) is 3.99. The second-order valence-electron chi connectivity index (χ2n) is 6.96. The first-order valence-corrected chi connectivity index (χ1v) is 9.91. The minimum atomic E-state index is -1.66. The van der Waals surface area contributed by atoms with Gasteiger partial charge in [0.25, 0.3) is 0 Å². The average molecular weight is 458 g/mol. The lowest BCUT2D eigenvalue weighted by atomic mass is 9.88. The van der Waals surface area contributed by atoms with Gasteiger partial charge >= 0.3 is 6.03 Å². The molecule has 7 nitrogen and oxygen atoms in total. The standard InChI is InChI=1S/C19H23F2N5O2S.H2S/c1-19(21,25(2)29-28-17-5-3-4-15(20)12-17)14-7-10-26(11-8-14)18(27)24-16-6-9-22-23-13-16;/h3-6,9,12-14H,7-8,10-11H2,1-2H3,(H,22,24,27);1H2. The van der Waals surface area contributed by atoms with Gasteiger partial charge in [0.15, 0.2) is 5.79 Å². The maximum absolute atomic E-state index is 15.4. The Morgan fingerprint density at radius 1 is 1.33 bits per heavy atom. The third-order valence-corrected chi connectivity index (χ3v) is 5.87. The number of hydrogen-bond acceptors (Lipinski definition) is 6. The third kappa shape index (κ3) is 6.19. The van der Waals surface area contributed by atoms with E-state index in [1.807, 2.05) is 0 Å². The van der Waals surface area contributed by atoms with Crippen molar-refractivity contribution in [3.05, 3.63) is 48.5 Å². The van der Waals surface area contributed by atoms with E-state index >= 15 is 4.39 Å². The first kappa shape index (κ1) is 24.2. The molecule has 1 unspecified atom stereocenters. The number of piperidine rings is 1. The van der Waals surface area contributed by atoms with Crippen LogP contribution in [0.25, 0.3) is 0 Å². The Labute approximate surface area is 186 Å². The molecule has 1 N–H and O–H groups in total. The lowest BCUT2D eigenvalue weighted by Gasteiger charge is -2.41. The number of benzene rings is 1. The number of rotatable bonds is 6. The Morgan fingerprint density at radius 3 is 2.70 bits per heavy atom. The molecule has 3 rings (SSSR count). The molecule has 0 saturated carbocycles. The number of aromatic nitrogens is 2. The Morgan fingerprint density at radius 2 is 2.07 bits per heavy atom. The smallest absolute Gasteiger partial charge is 0.321 e. The van der Waals surface area contributed by atoms with Crippen LogP contribution < -0.4 is 9.50 Å². The molecule has 1 saturated heterocycles. The number of anilines is 1. The van der Waals surface area contributed by atoms with Crippen molar-refractivity contribution in [3.63, 3.8) is 0 Å². The zero-order valence-electron chi connectivity index (χ0n) is 16.7. The van der Waals surface area contributed by atoms with Crippen molar-refractivity contribution in [2.45, 2.75) is 25.6 Å². The van der Waals surface area contributed by atoms with Gasteiger partial charge in [-0.05, 0) is 38.0 Å². The molecule has 2 heterocycles. The van der Waals surface area contributed by atoms with Crippen molar-refractivity contribution in [3.8, 4) is 5.75 Å². The molecule has 0 radical (unpaired) electrons. The summed E-state index contributed by atoms with van der Waals surface area (Å²) < 4.78 is 35.5. The van der Waals surface area contributed by atoms with Crippen LogP contribution in [0.15, 0.2) is 42.7 Å². The van der Waals surface area contributed by atoms with Crippen LogP contribution >= 0.6 is 25.7 Å². The van der Waals surface area contributed by atoms with Gasteiger partial charge in [-0.15, -0.1) is 0 Å². The predicted molar refractivity (Wildman–Crippen MR) is 118 cm³/mol. The molecule has 164 valence electrons. The van der Waals surface area contributed by atoms with Crippen molar-refractivity contribution in [1.82, 2.24) is 19.4 Å².